The molecule has 1 aromatic heterocycles. The summed E-state index contributed by atoms with van der Waals surface area (Å²) < 4.78 is 0. The number of amides is 1. The van der Waals surface area contributed by atoms with Gasteiger partial charge in [-0.15, -0.1) is 0 Å². The molecule has 1 aliphatic heterocycles. The van der Waals surface area contributed by atoms with E-state index in [0.29, 0.717) is 0 Å². The number of nitrogens with one attached hydrogen (secondary N) is 1. The van der Waals surface area contributed by atoms with Gasteiger partial charge in [0.2, 0.25) is 5.91 Å². The number of pyridine rings is 1. The van der Waals surface area contributed by atoms with Crippen LogP contribution >= 0.6 is 0 Å². The lowest BCUT2D eigenvalue weighted by atomic mass is 10.0. The van der Waals surface area contributed by atoms with Crippen molar-refractivity contribution in [2.24, 2.45) is 11.7 Å². The lowest BCUT2D eigenvalue weighted by molar-refractivity contribution is -0.124. The number of nitrogens with two attached hydrogens (primary N) is 1. The van der Waals surface area contributed by atoms with E-state index in [1.54, 1.807) is 0 Å². The van der Waals surface area contributed by atoms with Crippen molar-refractivity contribution in [3.05, 3.63) is 24.4 Å². The van der Waals surface area contributed by atoms with Crippen LogP contribution < -0.4 is 16.0 Å². The van der Waals surface area contributed by atoms with Gasteiger partial charge in [0.05, 0.1) is 6.04 Å². The van der Waals surface area contributed by atoms with Crippen LogP contribution in [0, 0.1) is 5.92 Å². The summed E-state index contributed by atoms with van der Waals surface area (Å²) in [6.45, 7) is 5.76. The van der Waals surface area contributed by atoms with Crippen LogP contribution in [0.15, 0.2) is 24.4 Å². The molecule has 3 N–H and O–H groups in total. The molecule has 1 aliphatic rings. The molecule has 0 saturated carbocycles. The normalized spacial score (nSPS) is 18.1. The minimum absolute atomic E-state index is 0.0312. The molecule has 0 radical (unpaired) electrons. The number of hydrogen-bond acceptors (Lipinski definition) is 4. The van der Waals surface area contributed by atoms with Gasteiger partial charge in [0, 0.05) is 25.3 Å². The van der Waals surface area contributed by atoms with Crippen molar-refractivity contribution < 1.29 is 4.79 Å². The second-order valence-corrected chi connectivity index (χ2v) is 5.73. The quantitative estimate of drug-likeness (QED) is 0.865. The summed E-state index contributed by atoms with van der Waals surface area (Å²) >= 11 is 0. The molecule has 1 amide bonds. The summed E-state index contributed by atoms with van der Waals surface area (Å²) in [4.78, 5) is 18.6. The summed E-state index contributed by atoms with van der Waals surface area (Å²) in [5.41, 5.74) is 5.86. The number of hydrogen-bond donors (Lipinski definition) is 2. The summed E-state index contributed by atoms with van der Waals surface area (Å²) in [5, 5.41) is 3.06. The first-order valence-electron chi connectivity index (χ1n) is 7.30. The SMILES string of the molecule is CC(C)[C@@H](N)C(=O)NC1CCN(c2ccccn2)CC1. The molecule has 0 spiro atoms. The van der Waals surface area contributed by atoms with E-state index in [1.807, 2.05) is 38.2 Å². The number of nitrogens with zero attached hydrogens (tertiary/aromatic N) is 2. The molecule has 1 saturated heterocycles. The van der Waals surface area contributed by atoms with Crippen molar-refractivity contribution in [3.8, 4) is 0 Å². The highest BCUT2D eigenvalue weighted by Gasteiger charge is 2.24. The van der Waals surface area contributed by atoms with Gasteiger partial charge in [-0.1, -0.05) is 19.9 Å². The lowest BCUT2D eigenvalue weighted by Gasteiger charge is -2.33. The highest BCUT2D eigenvalue weighted by molar-refractivity contribution is 5.82. The van der Waals surface area contributed by atoms with Gasteiger partial charge in [-0.25, -0.2) is 4.98 Å². The zero-order valence-corrected chi connectivity index (χ0v) is 12.2. The van der Waals surface area contributed by atoms with Crippen molar-refractivity contribution in [1.82, 2.24) is 10.3 Å². The van der Waals surface area contributed by atoms with Gasteiger partial charge in [-0.2, -0.15) is 0 Å². The summed E-state index contributed by atoms with van der Waals surface area (Å²) in [6, 6.07) is 5.76. The smallest absolute Gasteiger partial charge is 0.237 e. The molecule has 0 unspecified atom stereocenters. The van der Waals surface area contributed by atoms with E-state index in [1.165, 1.54) is 0 Å². The van der Waals surface area contributed by atoms with Crippen molar-refractivity contribution in [2.75, 3.05) is 18.0 Å². The van der Waals surface area contributed by atoms with Gasteiger partial charge < -0.3 is 16.0 Å². The monoisotopic (exact) mass is 276 g/mol. The topological polar surface area (TPSA) is 71.2 Å². The number of anilines is 1. The van der Waals surface area contributed by atoms with E-state index in [9.17, 15) is 4.79 Å². The molecule has 1 fully saturated rings. The maximum atomic E-state index is 11.9. The van der Waals surface area contributed by atoms with E-state index in [2.05, 4.69) is 15.2 Å². The summed E-state index contributed by atoms with van der Waals surface area (Å²) in [7, 11) is 0. The predicted molar refractivity (Wildman–Crippen MR) is 80.4 cm³/mol. The molecular weight excluding hydrogens is 252 g/mol. The average Bonchev–Trinajstić information content (AvgIpc) is 2.48. The Hall–Kier alpha value is -1.62. The Balaban J connectivity index is 1.81. The molecule has 2 heterocycles. The first kappa shape index (κ1) is 14.8. The fraction of sp³-hybridized carbons (Fsp3) is 0.600. The minimum Gasteiger partial charge on any atom is -0.356 e. The first-order valence-corrected chi connectivity index (χ1v) is 7.30. The molecular formula is C15H24N4O. The van der Waals surface area contributed by atoms with Crippen LogP contribution in [0.1, 0.15) is 26.7 Å². The number of piperidine rings is 1. The third-order valence-electron chi connectivity index (χ3n) is 3.84. The van der Waals surface area contributed by atoms with E-state index in [0.717, 1.165) is 31.7 Å². The summed E-state index contributed by atoms with van der Waals surface area (Å²) in [5.74, 6) is 1.15. The van der Waals surface area contributed by atoms with Crippen molar-refractivity contribution in [2.45, 2.75) is 38.8 Å². The largest absolute Gasteiger partial charge is 0.356 e. The molecule has 0 bridgehead atoms. The van der Waals surface area contributed by atoms with Crippen LogP contribution in [0.3, 0.4) is 0 Å². The van der Waals surface area contributed by atoms with Crippen LogP contribution in [0.5, 0.6) is 0 Å². The van der Waals surface area contributed by atoms with Crippen LogP contribution in [0.2, 0.25) is 0 Å². The zero-order chi connectivity index (χ0) is 14.5. The van der Waals surface area contributed by atoms with Crippen molar-refractivity contribution in [1.29, 1.82) is 0 Å². The van der Waals surface area contributed by atoms with E-state index in [4.69, 9.17) is 5.73 Å². The first-order chi connectivity index (χ1) is 9.58. The van der Waals surface area contributed by atoms with E-state index >= 15 is 0 Å². The molecule has 110 valence electrons. The molecule has 5 nitrogen and oxygen atoms in total. The number of aromatic nitrogens is 1. The fourth-order valence-corrected chi connectivity index (χ4v) is 2.39. The second kappa shape index (κ2) is 6.70. The second-order valence-electron chi connectivity index (χ2n) is 5.73. The molecule has 1 atom stereocenters. The number of rotatable bonds is 4. The van der Waals surface area contributed by atoms with Crippen molar-refractivity contribution in [3.63, 3.8) is 0 Å². The minimum atomic E-state index is -0.413. The third-order valence-corrected chi connectivity index (χ3v) is 3.84. The Morgan fingerprint density at radius 3 is 2.65 bits per heavy atom. The van der Waals surface area contributed by atoms with E-state index < -0.39 is 6.04 Å². The van der Waals surface area contributed by atoms with Gasteiger partial charge in [0.1, 0.15) is 5.82 Å². The Morgan fingerprint density at radius 1 is 1.40 bits per heavy atom. The van der Waals surface area contributed by atoms with Crippen LogP contribution in [0.25, 0.3) is 0 Å². The lowest BCUT2D eigenvalue weighted by Crippen LogP contribution is -2.51. The maximum Gasteiger partial charge on any atom is 0.237 e. The van der Waals surface area contributed by atoms with Crippen LogP contribution in [0.4, 0.5) is 5.82 Å². The maximum absolute atomic E-state index is 11.9. The Labute approximate surface area is 120 Å². The number of carbonyl (C=O) groups excluding carboxylic acids is 1. The Morgan fingerprint density at radius 2 is 2.10 bits per heavy atom. The van der Waals surface area contributed by atoms with Gasteiger partial charge in [0.15, 0.2) is 0 Å². The third kappa shape index (κ3) is 3.70. The zero-order valence-electron chi connectivity index (χ0n) is 12.2. The van der Waals surface area contributed by atoms with Crippen LogP contribution in [-0.4, -0.2) is 36.1 Å². The Bertz CT molecular complexity index is 427. The van der Waals surface area contributed by atoms with E-state index in [-0.39, 0.29) is 17.9 Å². The number of carbonyl (C=O) groups is 1. The van der Waals surface area contributed by atoms with Gasteiger partial charge in [0.25, 0.3) is 0 Å². The predicted octanol–water partition coefficient (Wildman–Crippen LogP) is 1.15. The molecule has 20 heavy (non-hydrogen) atoms. The molecule has 5 heteroatoms. The molecule has 1 aromatic rings. The van der Waals surface area contributed by atoms with Crippen molar-refractivity contribution >= 4 is 11.7 Å². The molecule has 0 aromatic carbocycles. The standard InChI is InChI=1S/C15H24N4O/c1-11(2)14(16)15(20)18-12-6-9-19(10-7-12)13-5-3-4-8-17-13/h3-5,8,11-12,14H,6-7,9-10,16H2,1-2H3,(H,18,20)/t14-/m1/s1. The Kier molecular flexibility index (Phi) is 4.95. The average molecular weight is 276 g/mol. The van der Waals surface area contributed by atoms with Gasteiger partial charge in [-0.3, -0.25) is 4.79 Å². The fourth-order valence-electron chi connectivity index (χ4n) is 2.39. The van der Waals surface area contributed by atoms with Gasteiger partial charge >= 0.3 is 0 Å². The van der Waals surface area contributed by atoms with Gasteiger partial charge in [-0.05, 0) is 30.9 Å². The summed E-state index contributed by atoms with van der Waals surface area (Å²) in [6.07, 6.45) is 3.69. The highest BCUT2D eigenvalue weighted by atomic mass is 16.2. The van der Waals surface area contributed by atoms with Crippen LogP contribution in [-0.2, 0) is 4.79 Å². The molecule has 0 aliphatic carbocycles. The molecule has 2 rings (SSSR count). The highest BCUT2D eigenvalue weighted by Crippen LogP contribution is 2.17.